The molecule has 0 aliphatic carbocycles. The molecule has 0 atom stereocenters. The van der Waals surface area contributed by atoms with Crippen molar-refractivity contribution in [1.29, 1.82) is 0 Å². The maximum Gasteiger partial charge on any atom is 0.291 e. The Balaban J connectivity index is 2.06. The molecule has 0 bridgehead atoms. The normalized spacial score (nSPS) is 10.1. The van der Waals surface area contributed by atoms with E-state index >= 15 is 0 Å². The minimum Gasteiger partial charge on any atom is -0.486 e. The highest BCUT2D eigenvalue weighted by Gasteiger charge is 2.12. The quantitative estimate of drug-likeness (QED) is 0.827. The number of carbonyl (C=O) groups is 1. The van der Waals surface area contributed by atoms with Crippen LogP contribution in [-0.2, 0) is 0 Å². The maximum atomic E-state index is 12.0. The van der Waals surface area contributed by atoms with Crippen molar-refractivity contribution in [2.45, 2.75) is 6.92 Å². The number of nitrogens with two attached hydrogens (primary N) is 1. The topological polar surface area (TPSA) is 77.5 Å². The molecule has 1 heterocycles. The summed E-state index contributed by atoms with van der Waals surface area (Å²) in [7, 11) is 0. The zero-order valence-corrected chi connectivity index (χ0v) is 11.7. The van der Waals surface area contributed by atoms with Crippen LogP contribution in [0.1, 0.15) is 16.1 Å². The van der Waals surface area contributed by atoms with Gasteiger partial charge in [0.05, 0.1) is 6.26 Å². The van der Waals surface area contributed by atoms with Gasteiger partial charge in [-0.1, -0.05) is 18.3 Å². The van der Waals surface area contributed by atoms with Crippen LogP contribution in [-0.4, -0.2) is 17.5 Å². The molecule has 2 aromatic rings. The van der Waals surface area contributed by atoms with E-state index in [2.05, 4.69) is 5.32 Å². The predicted molar refractivity (Wildman–Crippen MR) is 80.1 cm³/mol. The molecule has 0 aliphatic heterocycles. The highest BCUT2D eigenvalue weighted by Crippen LogP contribution is 2.19. The monoisotopic (exact) mass is 290 g/mol. The molecule has 0 unspecified atom stereocenters. The number of furan rings is 1. The second kappa shape index (κ2) is 6.21. The number of nitrogens with one attached hydrogen (secondary N) is 1. The molecule has 3 N–H and O–H groups in total. The lowest BCUT2D eigenvalue weighted by molar-refractivity contribution is 0.0996. The number of ether oxygens (including phenoxy) is 1. The summed E-state index contributed by atoms with van der Waals surface area (Å²) >= 11 is 4.74. The van der Waals surface area contributed by atoms with E-state index in [1.165, 1.54) is 6.26 Å². The average molecular weight is 290 g/mol. The van der Waals surface area contributed by atoms with E-state index in [9.17, 15) is 4.79 Å². The van der Waals surface area contributed by atoms with E-state index in [0.717, 1.165) is 5.56 Å². The third-order valence-corrected chi connectivity index (χ3v) is 2.66. The second-order valence-corrected chi connectivity index (χ2v) is 4.69. The summed E-state index contributed by atoms with van der Waals surface area (Å²) in [5.41, 5.74) is 6.75. The molecule has 0 saturated carbocycles. The van der Waals surface area contributed by atoms with E-state index in [-0.39, 0.29) is 17.5 Å². The molecule has 1 aromatic carbocycles. The minimum absolute atomic E-state index is 0.157. The van der Waals surface area contributed by atoms with Crippen molar-refractivity contribution in [2.75, 3.05) is 11.9 Å². The summed E-state index contributed by atoms with van der Waals surface area (Å²) in [4.78, 5) is 12.3. The fourth-order valence-electron chi connectivity index (χ4n) is 1.61. The van der Waals surface area contributed by atoms with Crippen LogP contribution >= 0.6 is 12.2 Å². The van der Waals surface area contributed by atoms with E-state index < -0.39 is 0 Å². The first-order valence-corrected chi connectivity index (χ1v) is 6.33. The molecule has 104 valence electrons. The van der Waals surface area contributed by atoms with Crippen LogP contribution in [0.4, 0.5) is 5.69 Å². The first-order valence-electron chi connectivity index (χ1n) is 5.93. The van der Waals surface area contributed by atoms with Crippen molar-refractivity contribution in [2.24, 2.45) is 5.73 Å². The first kappa shape index (κ1) is 14.1. The Labute approximate surface area is 121 Å². The van der Waals surface area contributed by atoms with Crippen LogP contribution in [0.2, 0.25) is 0 Å². The fraction of sp³-hybridized carbons (Fsp3) is 0.143. The summed E-state index contributed by atoms with van der Waals surface area (Å²) < 4.78 is 10.5. The van der Waals surface area contributed by atoms with Gasteiger partial charge in [-0.25, -0.2) is 0 Å². The average Bonchev–Trinajstić information content (AvgIpc) is 2.83. The minimum atomic E-state index is -0.306. The van der Waals surface area contributed by atoms with Crippen molar-refractivity contribution >= 4 is 28.8 Å². The summed E-state index contributed by atoms with van der Waals surface area (Å²) in [5, 5.41) is 2.74. The van der Waals surface area contributed by atoms with Crippen LogP contribution < -0.4 is 15.8 Å². The first-order chi connectivity index (χ1) is 9.56. The second-order valence-electron chi connectivity index (χ2n) is 4.17. The van der Waals surface area contributed by atoms with Crippen molar-refractivity contribution in [3.63, 3.8) is 0 Å². The molecule has 2 rings (SSSR count). The van der Waals surface area contributed by atoms with Crippen molar-refractivity contribution < 1.29 is 13.9 Å². The Morgan fingerprint density at radius 3 is 2.90 bits per heavy atom. The number of hydrogen-bond acceptors (Lipinski definition) is 4. The number of benzene rings is 1. The molecular formula is C14H14N2O3S. The summed E-state index contributed by atoms with van der Waals surface area (Å²) in [6, 6.07) is 8.69. The molecule has 0 radical (unpaired) electrons. The molecule has 5 nitrogen and oxygen atoms in total. The van der Waals surface area contributed by atoms with Crippen LogP contribution in [0.25, 0.3) is 0 Å². The number of rotatable bonds is 5. The van der Waals surface area contributed by atoms with Crippen LogP contribution in [0.15, 0.2) is 41.0 Å². The van der Waals surface area contributed by atoms with Crippen LogP contribution in [0.3, 0.4) is 0 Å². The highest BCUT2D eigenvalue weighted by atomic mass is 32.1. The van der Waals surface area contributed by atoms with E-state index in [1.54, 1.807) is 37.3 Å². The van der Waals surface area contributed by atoms with Gasteiger partial charge < -0.3 is 20.2 Å². The van der Waals surface area contributed by atoms with Crippen LogP contribution in [0, 0.1) is 6.92 Å². The molecule has 6 heteroatoms. The number of carbonyl (C=O) groups excluding carboxylic acids is 1. The van der Waals surface area contributed by atoms with Gasteiger partial charge in [-0.15, -0.1) is 0 Å². The Hall–Kier alpha value is -2.34. The molecule has 0 aliphatic rings. The summed E-state index contributed by atoms with van der Waals surface area (Å²) in [6.45, 7) is 1.96. The number of aryl methyl sites for hydroxylation is 1. The molecule has 0 fully saturated rings. The molecule has 20 heavy (non-hydrogen) atoms. The third-order valence-electron chi connectivity index (χ3n) is 2.54. The van der Waals surface area contributed by atoms with Gasteiger partial charge in [0.15, 0.2) is 5.76 Å². The number of amides is 1. The van der Waals surface area contributed by atoms with Gasteiger partial charge in [-0.2, -0.15) is 0 Å². The predicted octanol–water partition coefficient (Wildman–Crippen LogP) is 2.51. The summed E-state index contributed by atoms with van der Waals surface area (Å²) in [6.07, 6.45) is 1.48. The lowest BCUT2D eigenvalue weighted by atomic mass is 10.2. The highest BCUT2D eigenvalue weighted by molar-refractivity contribution is 7.80. The molecular weight excluding hydrogens is 276 g/mol. The van der Waals surface area contributed by atoms with E-state index in [4.69, 9.17) is 27.1 Å². The lowest BCUT2D eigenvalue weighted by Crippen LogP contribution is -2.18. The number of anilines is 1. The van der Waals surface area contributed by atoms with E-state index in [1.807, 2.05) is 0 Å². The number of hydrogen-bond donors (Lipinski definition) is 2. The number of thiocarbonyl (C=S) groups is 1. The van der Waals surface area contributed by atoms with E-state index in [0.29, 0.717) is 17.2 Å². The lowest BCUT2D eigenvalue weighted by Gasteiger charge is -2.08. The van der Waals surface area contributed by atoms with Gasteiger partial charge in [0.25, 0.3) is 5.91 Å². The Morgan fingerprint density at radius 1 is 1.45 bits per heavy atom. The molecule has 1 aromatic heterocycles. The van der Waals surface area contributed by atoms with Gasteiger partial charge in [0.1, 0.15) is 17.3 Å². The molecule has 1 amide bonds. The Kier molecular flexibility index (Phi) is 4.37. The van der Waals surface area contributed by atoms with Gasteiger partial charge >= 0.3 is 0 Å². The largest absolute Gasteiger partial charge is 0.486 e. The van der Waals surface area contributed by atoms with Crippen molar-refractivity contribution in [3.8, 4) is 5.75 Å². The zero-order chi connectivity index (χ0) is 14.5. The van der Waals surface area contributed by atoms with Gasteiger partial charge in [0, 0.05) is 17.3 Å². The Bertz CT molecular complexity index is 637. The Morgan fingerprint density at radius 2 is 2.25 bits per heavy atom. The zero-order valence-electron chi connectivity index (χ0n) is 10.9. The summed E-state index contributed by atoms with van der Waals surface area (Å²) in [5.74, 6) is 0.560. The van der Waals surface area contributed by atoms with Gasteiger partial charge in [-0.05, 0) is 25.1 Å². The van der Waals surface area contributed by atoms with Gasteiger partial charge in [0.2, 0.25) is 0 Å². The van der Waals surface area contributed by atoms with Crippen LogP contribution in [0.5, 0.6) is 5.75 Å². The fourth-order valence-corrected chi connectivity index (χ4v) is 1.67. The molecule has 0 saturated heterocycles. The third kappa shape index (κ3) is 3.58. The smallest absolute Gasteiger partial charge is 0.291 e. The van der Waals surface area contributed by atoms with Crippen molar-refractivity contribution in [1.82, 2.24) is 0 Å². The van der Waals surface area contributed by atoms with Gasteiger partial charge in [-0.3, -0.25) is 4.79 Å². The maximum absolute atomic E-state index is 12.0. The molecule has 0 spiro atoms. The SMILES string of the molecule is Cc1ccoc1C(=O)Nc1cccc(OCC(N)=S)c1. The van der Waals surface area contributed by atoms with Crippen molar-refractivity contribution in [3.05, 3.63) is 47.9 Å². The standard InChI is InChI=1S/C14H14N2O3S/c1-9-5-6-18-13(9)14(17)16-10-3-2-4-11(7-10)19-8-12(15)20/h2-7H,8H2,1H3,(H2,15,20)(H,16,17).